The van der Waals surface area contributed by atoms with Gasteiger partial charge >= 0.3 is 0 Å². The van der Waals surface area contributed by atoms with Gasteiger partial charge in [-0.15, -0.1) is 0 Å². The standard InChI is InChI=1S/C11H13N5/c1-8-12-5-3-10(15-8)7-14-11-4-6-13-9(2)16-11/h3-6H,7H2,1-2H3,(H,13,14,16). The van der Waals surface area contributed by atoms with Gasteiger partial charge in [-0.25, -0.2) is 19.9 Å². The van der Waals surface area contributed by atoms with Crippen molar-refractivity contribution in [3.8, 4) is 0 Å². The van der Waals surface area contributed by atoms with Crippen molar-refractivity contribution in [3.05, 3.63) is 41.9 Å². The van der Waals surface area contributed by atoms with E-state index in [-0.39, 0.29) is 0 Å². The Bertz CT molecular complexity index is 438. The Morgan fingerprint density at radius 1 is 1.00 bits per heavy atom. The molecule has 0 fully saturated rings. The van der Waals surface area contributed by atoms with Gasteiger partial charge in [0.25, 0.3) is 0 Å². The number of hydrogen-bond donors (Lipinski definition) is 1. The fraction of sp³-hybridized carbons (Fsp3) is 0.273. The Balaban J connectivity index is 2.02. The summed E-state index contributed by atoms with van der Waals surface area (Å²) < 4.78 is 0. The van der Waals surface area contributed by atoms with Gasteiger partial charge in [0.15, 0.2) is 0 Å². The van der Waals surface area contributed by atoms with Crippen LogP contribution < -0.4 is 5.32 Å². The van der Waals surface area contributed by atoms with E-state index in [2.05, 4.69) is 25.3 Å². The lowest BCUT2D eigenvalue weighted by atomic mass is 10.4. The monoisotopic (exact) mass is 215 g/mol. The summed E-state index contributed by atoms with van der Waals surface area (Å²) in [6.45, 7) is 4.37. The Morgan fingerprint density at radius 3 is 2.38 bits per heavy atom. The molecule has 0 spiro atoms. The van der Waals surface area contributed by atoms with Crippen molar-refractivity contribution in [2.45, 2.75) is 20.4 Å². The molecule has 2 aromatic heterocycles. The van der Waals surface area contributed by atoms with Crippen molar-refractivity contribution in [2.75, 3.05) is 5.32 Å². The molecule has 0 aromatic carbocycles. The van der Waals surface area contributed by atoms with Gasteiger partial charge in [-0.3, -0.25) is 0 Å². The third-order valence-electron chi connectivity index (χ3n) is 2.06. The fourth-order valence-corrected chi connectivity index (χ4v) is 1.34. The van der Waals surface area contributed by atoms with E-state index in [1.165, 1.54) is 0 Å². The van der Waals surface area contributed by atoms with Gasteiger partial charge in [0, 0.05) is 12.4 Å². The van der Waals surface area contributed by atoms with E-state index in [4.69, 9.17) is 0 Å². The summed E-state index contributed by atoms with van der Waals surface area (Å²) in [5, 5.41) is 3.19. The van der Waals surface area contributed by atoms with Crippen molar-refractivity contribution in [1.82, 2.24) is 19.9 Å². The first-order valence-corrected chi connectivity index (χ1v) is 5.06. The lowest BCUT2D eigenvalue weighted by Gasteiger charge is -2.05. The zero-order valence-corrected chi connectivity index (χ0v) is 9.31. The molecule has 16 heavy (non-hydrogen) atoms. The Kier molecular flexibility index (Phi) is 3.05. The predicted molar refractivity (Wildman–Crippen MR) is 60.9 cm³/mol. The average molecular weight is 215 g/mol. The summed E-state index contributed by atoms with van der Waals surface area (Å²) in [4.78, 5) is 16.6. The maximum Gasteiger partial charge on any atom is 0.129 e. The van der Waals surface area contributed by atoms with Crippen LogP contribution in [0.2, 0.25) is 0 Å². The van der Waals surface area contributed by atoms with Crippen LogP contribution in [0.25, 0.3) is 0 Å². The summed E-state index contributed by atoms with van der Waals surface area (Å²) in [6, 6.07) is 3.72. The number of anilines is 1. The van der Waals surface area contributed by atoms with Gasteiger partial charge in [-0.05, 0) is 26.0 Å². The first-order valence-electron chi connectivity index (χ1n) is 5.06. The molecule has 2 rings (SSSR count). The number of rotatable bonds is 3. The van der Waals surface area contributed by atoms with Crippen LogP contribution in [0.5, 0.6) is 0 Å². The molecule has 0 amide bonds. The van der Waals surface area contributed by atoms with Crippen molar-refractivity contribution < 1.29 is 0 Å². The molecule has 0 atom stereocenters. The van der Waals surface area contributed by atoms with Crippen molar-refractivity contribution >= 4 is 5.82 Å². The molecule has 0 saturated heterocycles. The minimum Gasteiger partial charge on any atom is -0.364 e. The molecule has 5 heteroatoms. The lowest BCUT2D eigenvalue weighted by Crippen LogP contribution is -2.05. The number of aromatic nitrogens is 4. The first kappa shape index (κ1) is 10.5. The van der Waals surface area contributed by atoms with Gasteiger partial charge in [-0.1, -0.05) is 0 Å². The molecule has 0 radical (unpaired) electrons. The van der Waals surface area contributed by atoms with E-state index in [0.29, 0.717) is 6.54 Å². The van der Waals surface area contributed by atoms with E-state index >= 15 is 0 Å². The third kappa shape index (κ3) is 2.73. The highest BCUT2D eigenvalue weighted by molar-refractivity contribution is 5.33. The van der Waals surface area contributed by atoms with Gasteiger partial charge in [0.2, 0.25) is 0 Å². The predicted octanol–water partition coefficient (Wildman–Crippen LogP) is 1.50. The van der Waals surface area contributed by atoms with Crippen molar-refractivity contribution in [1.29, 1.82) is 0 Å². The van der Waals surface area contributed by atoms with E-state index in [1.807, 2.05) is 26.0 Å². The summed E-state index contributed by atoms with van der Waals surface area (Å²) in [7, 11) is 0. The molecule has 1 N–H and O–H groups in total. The molecule has 0 saturated carbocycles. The smallest absolute Gasteiger partial charge is 0.129 e. The first-order chi connectivity index (χ1) is 7.74. The maximum absolute atomic E-state index is 4.29. The van der Waals surface area contributed by atoms with E-state index < -0.39 is 0 Å². The van der Waals surface area contributed by atoms with Crippen molar-refractivity contribution in [3.63, 3.8) is 0 Å². The Hall–Kier alpha value is -2.04. The van der Waals surface area contributed by atoms with E-state index in [0.717, 1.165) is 23.2 Å². The minimum absolute atomic E-state index is 0.639. The summed E-state index contributed by atoms with van der Waals surface area (Å²) >= 11 is 0. The molecular weight excluding hydrogens is 202 g/mol. The quantitative estimate of drug-likeness (QED) is 0.840. The molecule has 0 unspecified atom stereocenters. The largest absolute Gasteiger partial charge is 0.364 e. The second-order valence-electron chi connectivity index (χ2n) is 3.44. The van der Waals surface area contributed by atoms with Gasteiger partial charge in [0.1, 0.15) is 17.5 Å². The second kappa shape index (κ2) is 4.65. The molecule has 0 aliphatic carbocycles. The van der Waals surface area contributed by atoms with Crippen LogP contribution in [0.1, 0.15) is 17.3 Å². The molecule has 2 aromatic rings. The van der Waals surface area contributed by atoms with Gasteiger partial charge < -0.3 is 5.32 Å². The highest BCUT2D eigenvalue weighted by atomic mass is 15.0. The topological polar surface area (TPSA) is 63.6 Å². The van der Waals surface area contributed by atoms with Crippen LogP contribution in [-0.4, -0.2) is 19.9 Å². The number of hydrogen-bond acceptors (Lipinski definition) is 5. The zero-order chi connectivity index (χ0) is 11.4. The molecule has 0 bridgehead atoms. The van der Waals surface area contributed by atoms with Crippen LogP contribution in [0.15, 0.2) is 24.5 Å². The highest BCUT2D eigenvalue weighted by Crippen LogP contribution is 2.03. The van der Waals surface area contributed by atoms with Gasteiger partial charge in [-0.2, -0.15) is 0 Å². The Labute approximate surface area is 94.0 Å². The SMILES string of the molecule is Cc1nccc(CNc2ccnc(C)n2)n1. The molecule has 0 aliphatic rings. The molecular formula is C11H13N5. The van der Waals surface area contributed by atoms with E-state index in [9.17, 15) is 0 Å². The highest BCUT2D eigenvalue weighted by Gasteiger charge is 1.97. The Morgan fingerprint density at radius 2 is 1.69 bits per heavy atom. The van der Waals surface area contributed by atoms with E-state index in [1.54, 1.807) is 12.4 Å². The fourth-order valence-electron chi connectivity index (χ4n) is 1.34. The number of nitrogens with zero attached hydrogens (tertiary/aromatic N) is 4. The van der Waals surface area contributed by atoms with Crippen LogP contribution in [0.4, 0.5) is 5.82 Å². The lowest BCUT2D eigenvalue weighted by molar-refractivity contribution is 0.942. The molecule has 0 aliphatic heterocycles. The average Bonchev–Trinajstić information content (AvgIpc) is 2.27. The molecule has 5 nitrogen and oxygen atoms in total. The van der Waals surface area contributed by atoms with Crippen molar-refractivity contribution in [2.24, 2.45) is 0 Å². The minimum atomic E-state index is 0.639. The molecule has 82 valence electrons. The summed E-state index contributed by atoms with van der Waals surface area (Å²) in [5.74, 6) is 2.34. The second-order valence-corrected chi connectivity index (χ2v) is 3.44. The number of nitrogens with one attached hydrogen (secondary N) is 1. The summed E-state index contributed by atoms with van der Waals surface area (Å²) in [5.41, 5.74) is 0.948. The normalized spacial score (nSPS) is 10.1. The van der Waals surface area contributed by atoms with Crippen LogP contribution in [0.3, 0.4) is 0 Å². The van der Waals surface area contributed by atoms with Crippen LogP contribution in [0, 0.1) is 13.8 Å². The van der Waals surface area contributed by atoms with Crippen LogP contribution in [-0.2, 0) is 6.54 Å². The molecule has 2 heterocycles. The third-order valence-corrected chi connectivity index (χ3v) is 2.06. The van der Waals surface area contributed by atoms with Crippen LogP contribution >= 0.6 is 0 Å². The zero-order valence-electron chi connectivity index (χ0n) is 9.31. The maximum atomic E-state index is 4.29. The summed E-state index contributed by atoms with van der Waals surface area (Å²) in [6.07, 6.45) is 3.49. The van der Waals surface area contributed by atoms with Gasteiger partial charge in [0.05, 0.1) is 12.2 Å². The number of aryl methyl sites for hydroxylation is 2.